The molecular weight excluding hydrogens is 268 g/mol. The van der Waals surface area contributed by atoms with E-state index in [1.807, 2.05) is 31.3 Å². The number of halogens is 2. The van der Waals surface area contributed by atoms with Gasteiger partial charge in [0.05, 0.1) is 0 Å². The number of hydrogen-bond acceptors (Lipinski definition) is 0. The minimum atomic E-state index is -0.915. The van der Waals surface area contributed by atoms with Crippen LogP contribution in [-0.2, 0) is 0 Å². The zero-order valence-electron chi connectivity index (χ0n) is 12.1. The van der Waals surface area contributed by atoms with E-state index in [0.29, 0.717) is 11.1 Å². The summed E-state index contributed by atoms with van der Waals surface area (Å²) in [5, 5.41) is 0.995. The third kappa shape index (κ3) is 2.87. The molecule has 2 aromatic rings. The second-order valence-electron chi connectivity index (χ2n) is 4.86. The van der Waals surface area contributed by atoms with Crippen LogP contribution in [0.2, 0.25) is 0 Å². The molecule has 0 unspecified atom stereocenters. The molecule has 0 bridgehead atoms. The summed E-state index contributed by atoms with van der Waals surface area (Å²) in [6.07, 6.45) is 4.40. The van der Waals surface area contributed by atoms with Crippen LogP contribution in [0.25, 0.3) is 16.5 Å². The van der Waals surface area contributed by atoms with E-state index in [1.165, 1.54) is 6.08 Å². The van der Waals surface area contributed by atoms with Gasteiger partial charge in [0, 0.05) is 22.7 Å². The minimum Gasteiger partial charge on any atom is -0.360 e. The molecule has 0 saturated heterocycles. The smallest absolute Gasteiger partial charge is 0.154 e. The van der Waals surface area contributed by atoms with Gasteiger partial charge in [-0.15, -0.1) is 0 Å². The molecule has 108 valence electrons. The topological polar surface area (TPSA) is 15.8 Å². The molecule has 21 heavy (non-hydrogen) atoms. The summed E-state index contributed by atoms with van der Waals surface area (Å²) in [6, 6.07) is 5.92. The molecular formula is C18H17F2N. The van der Waals surface area contributed by atoms with Crippen LogP contribution < -0.4 is 0 Å². The van der Waals surface area contributed by atoms with Gasteiger partial charge in [0.2, 0.25) is 0 Å². The van der Waals surface area contributed by atoms with E-state index in [9.17, 15) is 8.78 Å². The van der Waals surface area contributed by atoms with Gasteiger partial charge in [-0.05, 0) is 36.6 Å². The lowest BCUT2D eigenvalue weighted by Gasteiger charge is -2.06. The molecule has 0 aliphatic rings. The molecule has 0 spiro atoms. The van der Waals surface area contributed by atoms with Crippen molar-refractivity contribution in [2.45, 2.75) is 13.8 Å². The summed E-state index contributed by atoms with van der Waals surface area (Å²) in [7, 11) is 0. The average Bonchev–Trinajstić information content (AvgIpc) is 2.89. The van der Waals surface area contributed by atoms with Crippen molar-refractivity contribution in [3.05, 3.63) is 78.1 Å². The summed E-state index contributed by atoms with van der Waals surface area (Å²) in [4.78, 5) is 3.19. The van der Waals surface area contributed by atoms with Gasteiger partial charge in [-0.2, -0.15) is 0 Å². The van der Waals surface area contributed by atoms with Crippen LogP contribution in [0, 0.1) is 6.92 Å². The molecule has 0 atom stereocenters. The first-order valence-corrected chi connectivity index (χ1v) is 6.58. The van der Waals surface area contributed by atoms with Gasteiger partial charge < -0.3 is 4.98 Å². The third-order valence-electron chi connectivity index (χ3n) is 3.43. The lowest BCUT2D eigenvalue weighted by molar-refractivity contribution is 0.555. The van der Waals surface area contributed by atoms with E-state index in [4.69, 9.17) is 0 Å². The standard InChI is InChI=1S/C18H17F2N/c1-5-14(9-17(20)13(4)19)12(3)16-10-21-18-11(2)7-6-8-15(16)18/h5-10,21H,1,3H2,2,4H3/b14-9+,17-13-. The number of para-hydroxylation sites is 1. The Balaban J connectivity index is 2.54. The number of aromatic amines is 1. The van der Waals surface area contributed by atoms with Gasteiger partial charge in [0.15, 0.2) is 5.83 Å². The van der Waals surface area contributed by atoms with E-state index in [1.54, 1.807) is 0 Å². The quantitative estimate of drug-likeness (QED) is 0.686. The molecule has 0 aliphatic heterocycles. The van der Waals surface area contributed by atoms with Crippen LogP contribution in [0.3, 0.4) is 0 Å². The largest absolute Gasteiger partial charge is 0.360 e. The summed E-state index contributed by atoms with van der Waals surface area (Å²) < 4.78 is 26.4. The van der Waals surface area contributed by atoms with E-state index >= 15 is 0 Å². The van der Waals surface area contributed by atoms with Crippen molar-refractivity contribution in [1.29, 1.82) is 0 Å². The predicted molar refractivity (Wildman–Crippen MR) is 85.3 cm³/mol. The summed E-state index contributed by atoms with van der Waals surface area (Å²) in [5.74, 6) is -1.78. The molecule has 3 heteroatoms. The van der Waals surface area contributed by atoms with Gasteiger partial charge in [-0.25, -0.2) is 8.78 Å². The van der Waals surface area contributed by atoms with Crippen molar-refractivity contribution in [3.63, 3.8) is 0 Å². The normalized spacial score (nSPS) is 13.2. The Morgan fingerprint density at radius 2 is 2.00 bits per heavy atom. The molecule has 0 radical (unpaired) electrons. The zero-order valence-corrected chi connectivity index (χ0v) is 12.1. The van der Waals surface area contributed by atoms with E-state index in [0.717, 1.165) is 35.0 Å². The van der Waals surface area contributed by atoms with Crippen molar-refractivity contribution in [2.24, 2.45) is 0 Å². The fraction of sp³-hybridized carbons (Fsp3) is 0.111. The van der Waals surface area contributed by atoms with Gasteiger partial charge in [-0.3, -0.25) is 0 Å². The number of H-pyrrole nitrogens is 1. The SMILES string of the molecule is C=C/C(=C\C(F)=C(/C)F)C(=C)c1c[nH]c2c(C)cccc12. The molecule has 1 N–H and O–H groups in total. The maximum Gasteiger partial charge on any atom is 0.154 e. The number of allylic oxidation sites excluding steroid dienone is 6. The first kappa shape index (κ1) is 15.0. The first-order chi connectivity index (χ1) is 9.95. The third-order valence-corrected chi connectivity index (χ3v) is 3.43. The highest BCUT2D eigenvalue weighted by atomic mass is 19.2. The highest BCUT2D eigenvalue weighted by Crippen LogP contribution is 2.31. The van der Waals surface area contributed by atoms with Crippen LogP contribution in [0.5, 0.6) is 0 Å². The number of hydrogen-bond donors (Lipinski definition) is 1. The number of aryl methyl sites for hydroxylation is 1. The molecule has 1 aromatic heterocycles. The van der Waals surface area contributed by atoms with Crippen LogP contribution in [0.1, 0.15) is 18.1 Å². The Bertz CT molecular complexity index is 772. The highest BCUT2D eigenvalue weighted by Gasteiger charge is 2.11. The van der Waals surface area contributed by atoms with Crippen molar-refractivity contribution < 1.29 is 8.78 Å². The molecule has 0 saturated carbocycles. The molecule has 1 aromatic carbocycles. The second kappa shape index (κ2) is 5.92. The van der Waals surface area contributed by atoms with Crippen molar-refractivity contribution in [2.75, 3.05) is 0 Å². The first-order valence-electron chi connectivity index (χ1n) is 6.58. The number of rotatable bonds is 4. The number of benzene rings is 1. The average molecular weight is 285 g/mol. The second-order valence-corrected chi connectivity index (χ2v) is 4.86. The minimum absolute atomic E-state index is 0.451. The van der Waals surface area contributed by atoms with Crippen molar-refractivity contribution >= 4 is 16.5 Å². The fourth-order valence-electron chi connectivity index (χ4n) is 2.22. The fourth-order valence-corrected chi connectivity index (χ4v) is 2.22. The van der Waals surface area contributed by atoms with Crippen LogP contribution in [0.15, 0.2) is 66.9 Å². The van der Waals surface area contributed by atoms with E-state index in [2.05, 4.69) is 18.1 Å². The van der Waals surface area contributed by atoms with E-state index in [-0.39, 0.29) is 0 Å². The molecule has 1 heterocycles. The Labute approximate surface area is 123 Å². The maximum absolute atomic E-state index is 13.5. The van der Waals surface area contributed by atoms with Crippen LogP contribution in [-0.4, -0.2) is 4.98 Å². The Morgan fingerprint density at radius 1 is 1.29 bits per heavy atom. The number of aromatic nitrogens is 1. The van der Waals surface area contributed by atoms with Gasteiger partial charge >= 0.3 is 0 Å². The lowest BCUT2D eigenvalue weighted by Crippen LogP contribution is -1.86. The molecule has 1 nitrogen and oxygen atoms in total. The Morgan fingerprint density at radius 3 is 2.62 bits per heavy atom. The van der Waals surface area contributed by atoms with Crippen LogP contribution >= 0.6 is 0 Å². The van der Waals surface area contributed by atoms with Crippen molar-refractivity contribution in [1.82, 2.24) is 4.98 Å². The Kier molecular flexibility index (Phi) is 4.22. The number of nitrogens with one attached hydrogen (secondary N) is 1. The van der Waals surface area contributed by atoms with Gasteiger partial charge in [0.25, 0.3) is 0 Å². The molecule has 2 rings (SSSR count). The zero-order chi connectivity index (χ0) is 15.6. The molecule has 0 fully saturated rings. The maximum atomic E-state index is 13.5. The summed E-state index contributed by atoms with van der Waals surface area (Å²) >= 11 is 0. The molecule has 0 aliphatic carbocycles. The van der Waals surface area contributed by atoms with Crippen molar-refractivity contribution in [3.8, 4) is 0 Å². The molecule has 0 amide bonds. The van der Waals surface area contributed by atoms with Gasteiger partial charge in [-0.1, -0.05) is 37.4 Å². The number of fused-ring (bicyclic) bond motifs is 1. The van der Waals surface area contributed by atoms with E-state index < -0.39 is 11.7 Å². The highest BCUT2D eigenvalue weighted by molar-refractivity contribution is 5.98. The van der Waals surface area contributed by atoms with Crippen LogP contribution in [0.4, 0.5) is 8.78 Å². The lowest BCUT2D eigenvalue weighted by atomic mass is 9.97. The summed E-state index contributed by atoms with van der Waals surface area (Å²) in [6.45, 7) is 10.7. The predicted octanol–water partition coefficient (Wildman–Crippen LogP) is 5.77. The Hall–Kier alpha value is -2.42. The summed E-state index contributed by atoms with van der Waals surface area (Å²) in [5.41, 5.74) is 4.02. The van der Waals surface area contributed by atoms with Gasteiger partial charge in [0.1, 0.15) is 5.83 Å². The monoisotopic (exact) mass is 285 g/mol.